The molecule has 6 nitrogen and oxygen atoms in total. The summed E-state index contributed by atoms with van der Waals surface area (Å²) in [6.45, 7) is 3.09. The van der Waals surface area contributed by atoms with Crippen molar-refractivity contribution in [2.24, 2.45) is 5.41 Å². The highest BCUT2D eigenvalue weighted by Crippen LogP contribution is 2.33. The minimum absolute atomic E-state index is 0.00422. The molecule has 0 aliphatic carbocycles. The number of carboxylic acids is 1. The molecular weight excluding hydrogens is 274 g/mol. The second-order valence-corrected chi connectivity index (χ2v) is 5.36. The molecule has 110 valence electrons. The lowest BCUT2D eigenvalue weighted by atomic mass is 9.95. The number of hydrogen-bond donors (Lipinski definition) is 1. The molecule has 0 unspecified atom stereocenters. The van der Waals surface area contributed by atoms with Gasteiger partial charge in [0.1, 0.15) is 12.4 Å². The highest BCUT2D eigenvalue weighted by atomic mass is 16.6. The second kappa shape index (κ2) is 5.40. The first kappa shape index (κ1) is 14.8. The van der Waals surface area contributed by atoms with Crippen LogP contribution in [0.4, 0.5) is 5.69 Å². The van der Waals surface area contributed by atoms with Gasteiger partial charge in [0.15, 0.2) is 0 Å². The molecule has 2 aromatic rings. The van der Waals surface area contributed by atoms with E-state index < -0.39 is 16.3 Å². The number of nitro benzene ring substituents is 1. The third-order valence-electron chi connectivity index (χ3n) is 3.23. The Morgan fingerprint density at radius 1 is 1.24 bits per heavy atom. The maximum Gasteiger partial charge on any atom is 0.312 e. The highest BCUT2D eigenvalue weighted by Gasteiger charge is 2.28. The van der Waals surface area contributed by atoms with Gasteiger partial charge in [-0.3, -0.25) is 14.9 Å². The highest BCUT2D eigenvalue weighted by molar-refractivity contribution is 5.95. The van der Waals surface area contributed by atoms with Gasteiger partial charge in [-0.15, -0.1) is 0 Å². The fraction of sp³-hybridized carbons (Fsp3) is 0.267. The lowest BCUT2D eigenvalue weighted by Crippen LogP contribution is -2.30. The summed E-state index contributed by atoms with van der Waals surface area (Å²) >= 11 is 0. The van der Waals surface area contributed by atoms with E-state index in [2.05, 4.69) is 0 Å². The van der Waals surface area contributed by atoms with Gasteiger partial charge in [0.25, 0.3) is 5.69 Å². The van der Waals surface area contributed by atoms with Gasteiger partial charge in [-0.05, 0) is 26.0 Å². The SMILES string of the molecule is CC(C)(COc1ccc([N+](=O)[O-])c2ccccc12)C(=O)O. The minimum atomic E-state index is -1.04. The molecule has 0 saturated carbocycles. The Kier molecular flexibility index (Phi) is 3.80. The van der Waals surface area contributed by atoms with E-state index in [1.807, 2.05) is 0 Å². The predicted octanol–water partition coefficient (Wildman–Crippen LogP) is 3.24. The Balaban J connectivity index is 2.40. The molecule has 0 saturated heterocycles. The van der Waals surface area contributed by atoms with Crippen LogP contribution in [0, 0.1) is 15.5 Å². The minimum Gasteiger partial charge on any atom is -0.492 e. The molecule has 0 bridgehead atoms. The molecular formula is C15H15NO5. The maximum atomic E-state index is 11.1. The van der Waals surface area contributed by atoms with Gasteiger partial charge >= 0.3 is 5.97 Å². The first-order valence-electron chi connectivity index (χ1n) is 6.35. The summed E-state index contributed by atoms with van der Waals surface area (Å²) in [5, 5.41) is 21.2. The Morgan fingerprint density at radius 2 is 1.86 bits per heavy atom. The molecule has 0 atom stereocenters. The van der Waals surface area contributed by atoms with Crippen molar-refractivity contribution in [2.75, 3.05) is 6.61 Å². The third kappa shape index (κ3) is 2.94. The monoisotopic (exact) mass is 289 g/mol. The van der Waals surface area contributed by atoms with E-state index in [4.69, 9.17) is 9.84 Å². The van der Waals surface area contributed by atoms with Gasteiger partial charge in [-0.2, -0.15) is 0 Å². The Morgan fingerprint density at radius 3 is 2.43 bits per heavy atom. The van der Waals surface area contributed by atoms with Gasteiger partial charge in [-0.25, -0.2) is 0 Å². The Hall–Kier alpha value is -2.63. The summed E-state index contributed by atoms with van der Waals surface area (Å²) in [6, 6.07) is 9.68. The number of aliphatic carboxylic acids is 1. The lowest BCUT2D eigenvalue weighted by molar-refractivity contribution is -0.383. The van der Waals surface area contributed by atoms with Crippen LogP contribution in [0.15, 0.2) is 36.4 Å². The molecule has 0 radical (unpaired) electrons. The average Bonchev–Trinajstić information content (AvgIpc) is 2.44. The van der Waals surface area contributed by atoms with E-state index in [1.54, 1.807) is 38.1 Å². The van der Waals surface area contributed by atoms with Crippen molar-refractivity contribution in [3.63, 3.8) is 0 Å². The number of hydrogen-bond acceptors (Lipinski definition) is 4. The van der Waals surface area contributed by atoms with Crippen LogP contribution in [0.5, 0.6) is 5.75 Å². The number of nitrogens with zero attached hydrogens (tertiary/aromatic N) is 1. The summed E-state index contributed by atoms with van der Waals surface area (Å²) in [4.78, 5) is 21.6. The van der Waals surface area contributed by atoms with Crippen LogP contribution in [0.1, 0.15) is 13.8 Å². The number of nitro groups is 1. The molecule has 21 heavy (non-hydrogen) atoms. The standard InChI is InChI=1S/C15H15NO5/c1-15(2,14(17)18)9-21-13-8-7-12(16(19)20)10-5-3-4-6-11(10)13/h3-8H,9H2,1-2H3,(H,17,18). The van der Waals surface area contributed by atoms with E-state index in [0.717, 1.165) is 0 Å². The number of non-ortho nitro benzene ring substituents is 1. The van der Waals surface area contributed by atoms with Crippen LogP contribution >= 0.6 is 0 Å². The van der Waals surface area contributed by atoms with Crippen LogP contribution in [0.3, 0.4) is 0 Å². The molecule has 0 fully saturated rings. The number of rotatable bonds is 5. The molecule has 0 heterocycles. The maximum absolute atomic E-state index is 11.1. The first-order valence-corrected chi connectivity index (χ1v) is 6.35. The molecule has 2 aromatic carbocycles. The van der Waals surface area contributed by atoms with Crippen molar-refractivity contribution in [3.05, 3.63) is 46.5 Å². The normalized spacial score (nSPS) is 11.3. The smallest absolute Gasteiger partial charge is 0.312 e. The molecule has 2 rings (SSSR count). The van der Waals surface area contributed by atoms with E-state index >= 15 is 0 Å². The third-order valence-corrected chi connectivity index (χ3v) is 3.23. The summed E-state index contributed by atoms with van der Waals surface area (Å²) in [7, 11) is 0. The van der Waals surface area contributed by atoms with Crippen molar-refractivity contribution >= 4 is 22.4 Å². The van der Waals surface area contributed by atoms with Crippen molar-refractivity contribution in [3.8, 4) is 5.75 Å². The number of fused-ring (bicyclic) bond motifs is 1. The molecule has 0 spiro atoms. The largest absolute Gasteiger partial charge is 0.492 e. The fourth-order valence-electron chi connectivity index (χ4n) is 1.86. The Bertz CT molecular complexity index is 708. The molecule has 1 N–H and O–H groups in total. The zero-order valence-electron chi connectivity index (χ0n) is 11.7. The lowest BCUT2D eigenvalue weighted by Gasteiger charge is -2.20. The van der Waals surface area contributed by atoms with Crippen molar-refractivity contribution < 1.29 is 19.6 Å². The summed E-state index contributed by atoms with van der Waals surface area (Å²) in [6.07, 6.45) is 0. The van der Waals surface area contributed by atoms with Crippen molar-refractivity contribution in [2.45, 2.75) is 13.8 Å². The summed E-state index contributed by atoms with van der Waals surface area (Å²) in [5.74, 6) is -0.528. The summed E-state index contributed by atoms with van der Waals surface area (Å²) < 4.78 is 5.58. The molecule has 6 heteroatoms. The van der Waals surface area contributed by atoms with E-state index in [-0.39, 0.29) is 12.3 Å². The van der Waals surface area contributed by atoms with Crippen molar-refractivity contribution in [1.29, 1.82) is 0 Å². The van der Waals surface area contributed by atoms with Gasteiger partial charge in [-0.1, -0.05) is 18.2 Å². The molecule has 0 aliphatic heterocycles. The number of ether oxygens (including phenoxy) is 1. The van der Waals surface area contributed by atoms with Gasteiger partial charge < -0.3 is 9.84 Å². The van der Waals surface area contributed by atoms with E-state index in [0.29, 0.717) is 16.5 Å². The second-order valence-electron chi connectivity index (χ2n) is 5.36. The average molecular weight is 289 g/mol. The van der Waals surface area contributed by atoms with Crippen LogP contribution in [0.2, 0.25) is 0 Å². The number of carbonyl (C=O) groups is 1. The van der Waals surface area contributed by atoms with E-state index in [9.17, 15) is 14.9 Å². The van der Waals surface area contributed by atoms with Crippen LogP contribution < -0.4 is 4.74 Å². The molecule has 0 amide bonds. The first-order chi connectivity index (χ1) is 9.83. The fourth-order valence-corrected chi connectivity index (χ4v) is 1.86. The number of carboxylic acid groups (broad SMARTS) is 1. The van der Waals surface area contributed by atoms with Gasteiger partial charge in [0.05, 0.1) is 15.7 Å². The quantitative estimate of drug-likeness (QED) is 0.674. The Labute approximate surface area is 121 Å². The van der Waals surface area contributed by atoms with Gasteiger partial charge in [0.2, 0.25) is 0 Å². The predicted molar refractivity (Wildman–Crippen MR) is 77.5 cm³/mol. The molecule has 0 aromatic heterocycles. The van der Waals surface area contributed by atoms with Gasteiger partial charge in [0, 0.05) is 11.5 Å². The number of benzene rings is 2. The van der Waals surface area contributed by atoms with E-state index in [1.165, 1.54) is 12.1 Å². The zero-order valence-corrected chi connectivity index (χ0v) is 11.7. The van der Waals surface area contributed by atoms with Crippen LogP contribution in [0.25, 0.3) is 10.8 Å². The van der Waals surface area contributed by atoms with Crippen molar-refractivity contribution in [1.82, 2.24) is 0 Å². The van der Waals surface area contributed by atoms with Crippen LogP contribution in [-0.4, -0.2) is 22.6 Å². The summed E-state index contributed by atoms with van der Waals surface area (Å²) in [5.41, 5.74) is -1.04. The molecule has 0 aliphatic rings. The van der Waals surface area contributed by atoms with Crippen LogP contribution in [-0.2, 0) is 4.79 Å². The zero-order chi connectivity index (χ0) is 15.6. The topological polar surface area (TPSA) is 89.7 Å².